The zero-order chi connectivity index (χ0) is 51.5. The van der Waals surface area contributed by atoms with Crippen LogP contribution in [0.4, 0.5) is 0 Å². The summed E-state index contributed by atoms with van der Waals surface area (Å²) in [6, 6.07) is 67.2. The molecule has 0 saturated carbocycles. The molecule has 1 N–H and O–H groups in total. The summed E-state index contributed by atoms with van der Waals surface area (Å²) in [6.07, 6.45) is 10.2. The summed E-state index contributed by atoms with van der Waals surface area (Å²) >= 11 is 5.38. The number of unbranched alkanes of at least 4 members (excludes halogenated alkanes) is 6. The van der Waals surface area contributed by atoms with Crippen LogP contribution in [0.2, 0.25) is 0 Å². The van der Waals surface area contributed by atoms with Gasteiger partial charge < -0.3 is 47.7 Å². The van der Waals surface area contributed by atoms with Crippen LogP contribution in [-0.4, -0.2) is 37.6 Å². The minimum Gasteiger partial charge on any atom is -1.00 e. The fraction of sp³-hybridized carbons (Fsp3) is 0.234. The first-order chi connectivity index (χ1) is 37.0. The topological polar surface area (TPSA) is 108 Å². The number of ether oxygens (including phenoxy) is 5. The van der Waals surface area contributed by atoms with Gasteiger partial charge >= 0.3 is 0 Å². The summed E-state index contributed by atoms with van der Waals surface area (Å²) in [4.78, 5) is 6.80. The molecule has 0 fully saturated rings. The number of halogens is 1. The van der Waals surface area contributed by atoms with Crippen molar-refractivity contribution in [2.75, 3.05) is 33.0 Å². The molecule has 0 spiro atoms. The van der Waals surface area contributed by atoms with Gasteiger partial charge in [0.05, 0.1) is 60.0 Å². The summed E-state index contributed by atoms with van der Waals surface area (Å²) in [6.45, 7) is 3.23. The maximum absolute atomic E-state index is 9.06. The van der Waals surface area contributed by atoms with E-state index in [1.807, 2.05) is 85.1 Å². The fourth-order valence-corrected chi connectivity index (χ4v) is 11.1. The molecule has 0 aliphatic heterocycles. The third kappa shape index (κ3) is 19.5. The first kappa shape index (κ1) is 57.2. The van der Waals surface area contributed by atoms with Gasteiger partial charge in [0.1, 0.15) is 35.4 Å². The van der Waals surface area contributed by atoms with Crippen molar-refractivity contribution in [3.8, 4) is 63.1 Å². The Morgan fingerprint density at radius 2 is 0.724 bits per heavy atom. The van der Waals surface area contributed by atoms with Crippen LogP contribution in [0.15, 0.2) is 209 Å². The molecular weight excluding hydrogens is 1110 g/mol. The van der Waals surface area contributed by atoms with Crippen LogP contribution in [0.25, 0.3) is 22.3 Å². The Morgan fingerprint density at radius 1 is 0.382 bits per heavy atom. The van der Waals surface area contributed by atoms with E-state index in [4.69, 9.17) is 34.2 Å². The van der Waals surface area contributed by atoms with E-state index in [1.54, 1.807) is 35.3 Å². The third-order valence-corrected chi connectivity index (χ3v) is 15.6. The van der Waals surface area contributed by atoms with Gasteiger partial charge in [-0.25, -0.2) is 4.98 Å². The molecule has 0 amide bonds. The summed E-state index contributed by atoms with van der Waals surface area (Å²) in [7, 11) is 0. The van der Waals surface area contributed by atoms with Crippen LogP contribution in [0.3, 0.4) is 0 Å². The van der Waals surface area contributed by atoms with Gasteiger partial charge in [-0.15, -0.1) is 35.3 Å². The highest BCUT2D eigenvalue weighted by atomic mass is 127. The van der Waals surface area contributed by atoms with Crippen molar-refractivity contribution >= 4 is 35.3 Å². The van der Waals surface area contributed by atoms with E-state index < -0.39 is 0 Å². The lowest BCUT2D eigenvalue weighted by Gasteiger charge is -2.18. The van der Waals surface area contributed by atoms with Crippen molar-refractivity contribution in [2.24, 2.45) is 0 Å². The highest BCUT2D eigenvalue weighted by Crippen LogP contribution is 2.38. The lowest BCUT2D eigenvalue weighted by Crippen LogP contribution is -3.00. The first-order valence-electron chi connectivity index (χ1n) is 25.6. The molecule has 7 aromatic carbocycles. The molecule has 0 atom stereocenters. The van der Waals surface area contributed by atoms with Gasteiger partial charge in [-0.3, -0.25) is 0 Å². The van der Waals surface area contributed by atoms with E-state index in [1.165, 1.54) is 10.6 Å². The molecule has 0 radical (unpaired) electrons. The molecule has 1 aromatic heterocycles. The number of hydrogen-bond acceptors (Lipinski definition) is 10. The Bertz CT molecular complexity index is 2830. The number of H-pyrrole nitrogens is 1. The molecule has 0 bridgehead atoms. The van der Waals surface area contributed by atoms with Crippen LogP contribution in [0, 0.1) is 22.7 Å². The van der Waals surface area contributed by atoms with Crippen molar-refractivity contribution < 1.29 is 52.6 Å². The Hall–Kier alpha value is -6.55. The molecule has 0 unspecified atom stereocenters. The van der Waals surface area contributed by atoms with Gasteiger partial charge in [0.2, 0.25) is 0 Å². The van der Waals surface area contributed by atoms with Crippen molar-refractivity contribution in [3.63, 3.8) is 0 Å². The molecule has 8 nitrogen and oxygen atoms in total. The number of thioether (sulfide) groups is 3. The van der Waals surface area contributed by atoms with Crippen molar-refractivity contribution in [3.05, 3.63) is 211 Å². The minimum atomic E-state index is 0. The van der Waals surface area contributed by atoms with E-state index in [2.05, 4.69) is 126 Å². The van der Waals surface area contributed by atoms with Crippen molar-refractivity contribution in [1.82, 2.24) is 0 Å². The second-order valence-electron chi connectivity index (χ2n) is 17.7. The fourth-order valence-electron chi connectivity index (χ4n) is 7.94. The summed E-state index contributed by atoms with van der Waals surface area (Å²) in [5.74, 6) is 5.21. The van der Waals surface area contributed by atoms with Gasteiger partial charge in [0, 0.05) is 26.8 Å². The smallest absolute Gasteiger partial charge is 0.189 e. The van der Waals surface area contributed by atoms with Gasteiger partial charge in [0.15, 0.2) is 11.9 Å². The number of hydrogen-bond donors (Lipinski definition) is 0. The molecule has 0 saturated heterocycles. The van der Waals surface area contributed by atoms with E-state index in [0.717, 1.165) is 118 Å². The van der Waals surface area contributed by atoms with Crippen molar-refractivity contribution in [2.45, 2.75) is 76.4 Å². The Balaban J connectivity index is 0.00000840. The summed E-state index contributed by atoms with van der Waals surface area (Å²) < 4.78 is 30.8. The van der Waals surface area contributed by atoms with Crippen molar-refractivity contribution in [1.29, 1.82) is 10.5 Å². The van der Waals surface area contributed by atoms with E-state index >= 15 is 0 Å². The molecule has 0 aliphatic rings. The molecule has 0 aliphatic carbocycles. The van der Waals surface area contributed by atoms with Gasteiger partial charge in [-0.05, 0) is 195 Å². The predicted molar refractivity (Wildman–Crippen MR) is 305 cm³/mol. The van der Waals surface area contributed by atoms with Gasteiger partial charge in [0.25, 0.3) is 0 Å². The minimum absolute atomic E-state index is 0. The summed E-state index contributed by atoms with van der Waals surface area (Å²) in [5, 5.41) is 18.1. The van der Waals surface area contributed by atoms with Gasteiger partial charge in [-0.2, -0.15) is 10.5 Å². The number of nitrogens with one attached hydrogen (secondary N) is 1. The molecule has 12 heteroatoms. The maximum Gasteiger partial charge on any atom is 0.189 e. The molecule has 76 heavy (non-hydrogen) atoms. The van der Waals surface area contributed by atoms with E-state index in [9.17, 15) is 0 Å². The molecule has 8 rings (SSSR count). The SMILES string of the molecule is N#Cc1ccc(-c2ccc(OCCCCCCOc3ccc(SC(COc4ccc(SCc5cccc[nH+]5)cc4)Sc4ccc(OCCCCCCOc5ccc(-c6ccc(C#N)cc6)cc5)cc4)cc3)cc2)cc1.[I-]. The number of aromatic nitrogens is 1. The number of aromatic amines is 1. The second-order valence-corrected chi connectivity index (χ2v) is 21.6. The lowest BCUT2D eigenvalue weighted by atomic mass is 10.0. The highest BCUT2D eigenvalue weighted by molar-refractivity contribution is 8.17. The van der Waals surface area contributed by atoms with Crippen LogP contribution < -0.4 is 52.6 Å². The average molecular weight is 1180 g/mol. The molecule has 1 heterocycles. The zero-order valence-electron chi connectivity index (χ0n) is 42.5. The molecular formula is C64H62IN3O5S3. The first-order valence-corrected chi connectivity index (χ1v) is 28.4. The van der Waals surface area contributed by atoms with Crippen LogP contribution in [-0.2, 0) is 5.75 Å². The third-order valence-electron chi connectivity index (χ3n) is 12.1. The van der Waals surface area contributed by atoms with E-state index in [-0.39, 0.29) is 28.6 Å². The van der Waals surface area contributed by atoms with Crippen LogP contribution >= 0.6 is 35.3 Å². The lowest BCUT2D eigenvalue weighted by molar-refractivity contribution is -0.388. The quantitative estimate of drug-likeness (QED) is 0.0187. The zero-order valence-corrected chi connectivity index (χ0v) is 47.1. The normalized spacial score (nSPS) is 10.7. The number of benzene rings is 7. The standard InChI is InChI=1S/C64H61N3O5S3.HI/c65-45-49-12-16-51(17-13-49)53-20-24-56(25-21-53)68-41-7-1-3-9-43-70-58-30-36-62(37-31-58)74-64(47-72-60-28-34-61(35-29-60)73-48-55-11-5-6-40-67-55)75-63-38-32-59(33-39-63)71-44-10-4-2-8-42-69-57-26-22-54(23-27-57)52-18-14-50(46-66)15-19-52;/h5-6,11-40,64H,1-4,7-10,41-44,47-48H2;1H. The second kappa shape index (κ2) is 32.1. The monoisotopic (exact) mass is 1180 g/mol. The average Bonchev–Trinajstić information content (AvgIpc) is 3.47. The van der Waals surface area contributed by atoms with Gasteiger partial charge in [-0.1, -0.05) is 54.6 Å². The maximum atomic E-state index is 9.06. The number of nitrogens with zero attached hydrogens (tertiary/aromatic N) is 2. The number of nitriles is 2. The van der Waals surface area contributed by atoms with Crippen LogP contribution in [0.1, 0.15) is 68.2 Å². The Labute approximate surface area is 478 Å². The number of rotatable bonds is 30. The highest BCUT2D eigenvalue weighted by Gasteiger charge is 2.15. The number of pyridine rings is 1. The Kier molecular flexibility index (Phi) is 24.2. The largest absolute Gasteiger partial charge is 1.00 e. The predicted octanol–water partition coefficient (Wildman–Crippen LogP) is 13.2. The van der Waals surface area contributed by atoms with Crippen LogP contribution in [0.5, 0.6) is 28.7 Å². The molecule has 8 aromatic rings. The summed E-state index contributed by atoms with van der Waals surface area (Å²) in [5.41, 5.74) is 6.87. The molecule has 388 valence electrons. The van der Waals surface area contributed by atoms with E-state index in [0.29, 0.717) is 44.2 Å². The Morgan fingerprint density at radius 3 is 1.08 bits per heavy atom.